The van der Waals surface area contributed by atoms with E-state index < -0.39 is 0 Å². The molecule has 0 bridgehead atoms. The Balaban J connectivity index is 0.000000531. The highest BCUT2D eigenvalue weighted by molar-refractivity contribution is 6.67. The van der Waals surface area contributed by atoms with Gasteiger partial charge in [-0.2, -0.15) is 0 Å². The summed E-state index contributed by atoms with van der Waals surface area (Å²) in [6.07, 6.45) is 0. The third-order valence-electron chi connectivity index (χ3n) is 2.09. The van der Waals surface area contributed by atoms with Crippen LogP contribution in [0.15, 0.2) is 60.7 Å². The average Bonchev–Trinajstić information content (AvgIpc) is 2.34. The van der Waals surface area contributed by atoms with E-state index in [1.165, 1.54) is 8.85 Å². The minimum absolute atomic E-state index is 0.234. The fourth-order valence-corrected chi connectivity index (χ4v) is 2.91. The molecule has 0 N–H and O–H groups in total. The Morgan fingerprint density at radius 2 is 1.00 bits per heavy atom. The quantitative estimate of drug-likeness (QED) is 0.666. The summed E-state index contributed by atoms with van der Waals surface area (Å²) in [4.78, 5) is 0. The second-order valence-electron chi connectivity index (χ2n) is 3.15. The van der Waals surface area contributed by atoms with Gasteiger partial charge in [0.1, 0.15) is 0 Å². The maximum atomic E-state index is 3.25. The van der Waals surface area contributed by atoms with Gasteiger partial charge in [0.25, 0.3) is 0 Å². The molecule has 1 heteroatoms. The summed E-state index contributed by atoms with van der Waals surface area (Å²) in [5.41, 5.74) is 0. The highest BCUT2D eigenvalue weighted by Gasteiger charge is 1.97. The van der Waals surface area contributed by atoms with Gasteiger partial charge in [0.05, 0.1) is 0 Å². The van der Waals surface area contributed by atoms with E-state index in [4.69, 9.17) is 0 Å². The Morgan fingerprint density at radius 3 is 1.33 bits per heavy atom. The summed E-state index contributed by atoms with van der Waals surface area (Å²) in [5, 5.41) is 0. The van der Waals surface area contributed by atoms with Crippen molar-refractivity contribution < 1.29 is 0 Å². The normalized spacial score (nSPS) is 8.67. The van der Waals surface area contributed by atoms with E-state index in [1.54, 1.807) is 6.92 Å². The van der Waals surface area contributed by atoms with Crippen molar-refractivity contribution in [2.75, 3.05) is 0 Å². The molecule has 2 aromatic carbocycles. The van der Waals surface area contributed by atoms with Crippen LogP contribution in [0.25, 0.3) is 0 Å². The van der Waals surface area contributed by atoms with Gasteiger partial charge in [-0.1, -0.05) is 74.5 Å². The van der Waals surface area contributed by atoms with Gasteiger partial charge < -0.3 is 0 Å². The van der Waals surface area contributed by atoms with Crippen LogP contribution in [0.3, 0.4) is 0 Å². The molecule has 0 atom stereocenters. The average molecular weight is 211 g/mol. The Hall–Kier alpha value is -1.03. The van der Waals surface area contributed by atoms with Gasteiger partial charge in [-0.05, 0) is 0 Å². The van der Waals surface area contributed by atoms with Crippen molar-refractivity contribution >= 4 is 24.1 Å². The van der Waals surface area contributed by atoms with E-state index in [-0.39, 0.29) is 15.2 Å². The second-order valence-corrected chi connectivity index (χ2v) is 5.13. The number of hydrogen-bond acceptors (Lipinski definition) is 0. The molecule has 0 aromatic heterocycles. The van der Waals surface area contributed by atoms with Gasteiger partial charge in [-0.3, -0.25) is 0 Å². The summed E-state index contributed by atoms with van der Waals surface area (Å²) < 4.78 is 3.02. The number of hydrogen-bond donors (Lipinski definition) is 0. The largest absolute Gasteiger partial charge is 0.323 e. The molecular weight excluding hydrogens is 195 g/mol. The van der Waals surface area contributed by atoms with Crippen molar-refractivity contribution in [3.8, 4) is 0 Å². The Labute approximate surface area is 98.7 Å². The first-order chi connectivity index (χ1) is 7.45. The molecule has 15 heavy (non-hydrogen) atoms. The van der Waals surface area contributed by atoms with Gasteiger partial charge in [0, 0.05) is 0 Å². The van der Waals surface area contributed by atoms with Gasteiger partial charge in [-0.25, -0.2) is 0 Å². The summed E-state index contributed by atoms with van der Waals surface area (Å²) in [7, 11) is 0. The van der Waals surface area contributed by atoms with Crippen molar-refractivity contribution in [3.63, 3.8) is 0 Å². The SMILES string of the molecule is [CH2]C.c1cc[c]([AlH][c]2ccccc2)cc1. The molecule has 0 fully saturated rings. The van der Waals surface area contributed by atoms with Crippen molar-refractivity contribution in [1.29, 1.82) is 0 Å². The summed E-state index contributed by atoms with van der Waals surface area (Å²) in [5.74, 6) is 0. The maximum Gasteiger partial charge on any atom is 0.323 e. The van der Waals surface area contributed by atoms with Gasteiger partial charge in [0.2, 0.25) is 0 Å². The molecule has 0 unspecified atom stereocenters. The van der Waals surface area contributed by atoms with Crippen LogP contribution in [-0.4, -0.2) is 15.2 Å². The van der Waals surface area contributed by atoms with Crippen LogP contribution < -0.4 is 8.85 Å². The molecule has 0 spiro atoms. The molecule has 0 aliphatic heterocycles. The minimum atomic E-state index is -0.234. The number of rotatable bonds is 2. The number of benzene rings is 2. The topological polar surface area (TPSA) is 0 Å². The molecule has 0 saturated heterocycles. The molecular formula is C14H16Al. The zero-order chi connectivity index (χ0) is 10.9. The molecule has 2 aromatic rings. The predicted octanol–water partition coefficient (Wildman–Crippen LogP) is 1.91. The molecule has 0 aliphatic rings. The van der Waals surface area contributed by atoms with Gasteiger partial charge >= 0.3 is 15.2 Å². The van der Waals surface area contributed by atoms with Crippen LogP contribution in [0, 0.1) is 6.92 Å². The predicted molar refractivity (Wildman–Crippen MR) is 70.3 cm³/mol. The van der Waals surface area contributed by atoms with E-state index in [9.17, 15) is 0 Å². The molecule has 1 radical (unpaired) electrons. The van der Waals surface area contributed by atoms with E-state index in [0.717, 1.165) is 0 Å². The van der Waals surface area contributed by atoms with Crippen molar-refractivity contribution in [2.45, 2.75) is 6.92 Å². The highest BCUT2D eigenvalue weighted by atomic mass is 27.1. The zero-order valence-corrected chi connectivity index (χ0v) is 10.6. The third-order valence-corrected chi connectivity index (χ3v) is 3.85. The summed E-state index contributed by atoms with van der Waals surface area (Å²) in [6.45, 7) is 5.00. The standard InChI is InChI=1S/2C6H5.C2H5.Al.H/c2*1-2-4-6-5-3-1;1-2;;/h2*1-5H;1H2,2H3;;. The molecule has 0 heterocycles. The van der Waals surface area contributed by atoms with Crippen LogP contribution in [0.2, 0.25) is 0 Å². The minimum Gasteiger partial charge on any atom is -0.109 e. The lowest BCUT2D eigenvalue weighted by Crippen LogP contribution is -2.26. The highest BCUT2D eigenvalue weighted by Crippen LogP contribution is 1.84. The zero-order valence-electron chi connectivity index (χ0n) is 9.19. The Morgan fingerprint density at radius 1 is 0.667 bits per heavy atom. The second kappa shape index (κ2) is 7.29. The van der Waals surface area contributed by atoms with Crippen LogP contribution in [0.4, 0.5) is 0 Å². The lowest BCUT2D eigenvalue weighted by Gasteiger charge is -1.97. The monoisotopic (exact) mass is 211 g/mol. The Kier molecular flexibility index (Phi) is 5.85. The molecule has 0 nitrogen and oxygen atoms in total. The molecule has 2 rings (SSSR count). The van der Waals surface area contributed by atoms with Crippen LogP contribution in [-0.2, 0) is 0 Å². The van der Waals surface area contributed by atoms with Crippen LogP contribution >= 0.6 is 0 Å². The lowest BCUT2D eigenvalue weighted by atomic mass is 10.4. The van der Waals surface area contributed by atoms with Crippen LogP contribution in [0.5, 0.6) is 0 Å². The first-order valence-electron chi connectivity index (χ1n) is 5.24. The fourth-order valence-electron chi connectivity index (χ4n) is 1.43. The van der Waals surface area contributed by atoms with Crippen LogP contribution in [0.1, 0.15) is 6.92 Å². The van der Waals surface area contributed by atoms with E-state index >= 15 is 0 Å². The van der Waals surface area contributed by atoms with Gasteiger partial charge in [0.15, 0.2) is 0 Å². The molecule has 0 aliphatic carbocycles. The van der Waals surface area contributed by atoms with Crippen molar-refractivity contribution in [1.82, 2.24) is 0 Å². The van der Waals surface area contributed by atoms with Gasteiger partial charge in [-0.15, -0.1) is 8.85 Å². The van der Waals surface area contributed by atoms with Crippen molar-refractivity contribution in [3.05, 3.63) is 67.6 Å². The fraction of sp³-hybridized carbons (Fsp3) is 0.0714. The maximum absolute atomic E-state index is 3.25. The molecule has 0 amide bonds. The van der Waals surface area contributed by atoms with E-state index in [0.29, 0.717) is 0 Å². The summed E-state index contributed by atoms with van der Waals surface area (Å²) >= 11 is -0.234. The van der Waals surface area contributed by atoms with E-state index in [2.05, 4.69) is 67.6 Å². The molecule has 0 saturated carbocycles. The lowest BCUT2D eigenvalue weighted by molar-refractivity contribution is 1.75. The Bertz CT molecular complexity index is 316. The van der Waals surface area contributed by atoms with Crippen molar-refractivity contribution in [2.24, 2.45) is 0 Å². The smallest absolute Gasteiger partial charge is 0.109 e. The third kappa shape index (κ3) is 4.34. The first-order valence-corrected chi connectivity index (χ1v) is 6.65. The molecule has 75 valence electrons. The summed E-state index contributed by atoms with van der Waals surface area (Å²) in [6, 6.07) is 21.5. The first kappa shape index (κ1) is 12.0. The van der Waals surface area contributed by atoms with E-state index in [1.807, 2.05) is 0 Å².